The lowest BCUT2D eigenvalue weighted by Gasteiger charge is -2.16. The maximum Gasteiger partial charge on any atom is 0.271 e. The van der Waals surface area contributed by atoms with E-state index in [0.29, 0.717) is 22.8 Å². The van der Waals surface area contributed by atoms with Crippen molar-refractivity contribution in [2.75, 3.05) is 19.2 Å². The number of nitrogens with one attached hydrogen (secondary N) is 1. The van der Waals surface area contributed by atoms with E-state index in [1.807, 2.05) is 0 Å². The standard InChI is InChI=1S/C21H18N4O7/c1-12(21(27)22-16-10-14(25(28)29)4-7-17(16)30-2)24-20(26)8-5-15(23-24)13-3-6-18-19(9-13)32-11-31-18/h3-10,12H,11H2,1-2H3,(H,22,27). The van der Waals surface area contributed by atoms with Gasteiger partial charge in [0, 0.05) is 23.8 Å². The SMILES string of the molecule is COc1ccc([N+](=O)[O-])cc1NC(=O)C(C)n1nc(-c2ccc3c(c2)OCO3)ccc1=O. The monoisotopic (exact) mass is 438 g/mol. The summed E-state index contributed by atoms with van der Waals surface area (Å²) in [5.41, 5.74) is 0.543. The maximum atomic E-state index is 12.8. The molecule has 0 aliphatic carbocycles. The number of aromatic nitrogens is 2. The fraction of sp³-hybridized carbons (Fsp3) is 0.190. The lowest BCUT2D eigenvalue weighted by molar-refractivity contribution is -0.384. The first-order valence-corrected chi connectivity index (χ1v) is 9.50. The number of non-ortho nitro benzene ring substituents is 1. The van der Waals surface area contributed by atoms with Crippen molar-refractivity contribution in [2.45, 2.75) is 13.0 Å². The zero-order valence-electron chi connectivity index (χ0n) is 17.1. The van der Waals surface area contributed by atoms with Crippen LogP contribution in [0.5, 0.6) is 17.2 Å². The van der Waals surface area contributed by atoms with Crippen molar-refractivity contribution >= 4 is 17.3 Å². The molecule has 1 unspecified atom stereocenters. The number of hydrogen-bond acceptors (Lipinski definition) is 8. The first-order valence-electron chi connectivity index (χ1n) is 9.50. The Morgan fingerprint density at radius 2 is 1.97 bits per heavy atom. The number of carbonyl (C=O) groups excluding carboxylic acids is 1. The molecule has 11 nitrogen and oxygen atoms in total. The van der Waals surface area contributed by atoms with Gasteiger partial charge in [0.2, 0.25) is 12.7 Å². The van der Waals surface area contributed by atoms with Crippen molar-refractivity contribution in [3.05, 3.63) is 69.0 Å². The summed E-state index contributed by atoms with van der Waals surface area (Å²) in [7, 11) is 1.38. The molecule has 11 heteroatoms. The first-order chi connectivity index (χ1) is 15.4. The number of nitrogens with zero attached hydrogens (tertiary/aromatic N) is 3. The molecule has 0 saturated heterocycles. The number of anilines is 1. The zero-order chi connectivity index (χ0) is 22.8. The van der Waals surface area contributed by atoms with Crippen LogP contribution in [0, 0.1) is 10.1 Å². The number of hydrogen-bond donors (Lipinski definition) is 1. The molecule has 1 atom stereocenters. The molecule has 3 aromatic rings. The van der Waals surface area contributed by atoms with Gasteiger partial charge in [-0.2, -0.15) is 5.10 Å². The fourth-order valence-corrected chi connectivity index (χ4v) is 3.17. The van der Waals surface area contributed by atoms with Gasteiger partial charge in [0.15, 0.2) is 11.5 Å². The largest absolute Gasteiger partial charge is 0.495 e. The molecular formula is C21H18N4O7. The summed E-state index contributed by atoms with van der Waals surface area (Å²) >= 11 is 0. The lowest BCUT2D eigenvalue weighted by atomic mass is 10.1. The van der Waals surface area contributed by atoms with Crippen LogP contribution in [0.4, 0.5) is 11.4 Å². The van der Waals surface area contributed by atoms with E-state index >= 15 is 0 Å². The van der Waals surface area contributed by atoms with Crippen molar-refractivity contribution in [2.24, 2.45) is 0 Å². The summed E-state index contributed by atoms with van der Waals surface area (Å²) in [4.78, 5) is 35.7. The van der Waals surface area contributed by atoms with Crippen molar-refractivity contribution in [1.29, 1.82) is 0 Å². The normalized spacial score (nSPS) is 12.8. The molecule has 1 aliphatic heterocycles. The van der Waals surface area contributed by atoms with Crippen LogP contribution in [0.3, 0.4) is 0 Å². The summed E-state index contributed by atoms with van der Waals surface area (Å²) < 4.78 is 16.9. The average molecular weight is 438 g/mol. The quantitative estimate of drug-likeness (QED) is 0.458. The van der Waals surface area contributed by atoms with E-state index in [9.17, 15) is 19.7 Å². The number of ether oxygens (including phenoxy) is 3. The third-order valence-electron chi connectivity index (χ3n) is 4.89. The summed E-state index contributed by atoms with van der Waals surface area (Å²) in [6.45, 7) is 1.63. The first kappa shape index (κ1) is 20.8. The second-order valence-corrected chi connectivity index (χ2v) is 6.88. The number of nitro benzene ring substituents is 1. The minimum atomic E-state index is -1.01. The molecule has 1 aromatic heterocycles. The van der Waals surface area contributed by atoms with Gasteiger partial charge >= 0.3 is 0 Å². The molecule has 0 saturated carbocycles. The molecule has 164 valence electrons. The van der Waals surface area contributed by atoms with Crippen molar-refractivity contribution in [3.63, 3.8) is 0 Å². The molecule has 32 heavy (non-hydrogen) atoms. The molecule has 4 rings (SSSR count). The minimum Gasteiger partial charge on any atom is -0.495 e. The van der Waals surface area contributed by atoms with Crippen LogP contribution in [0.25, 0.3) is 11.3 Å². The number of rotatable bonds is 6. The predicted molar refractivity (Wildman–Crippen MR) is 113 cm³/mol. The number of amides is 1. The number of nitro groups is 1. The Hall–Kier alpha value is -4.41. The van der Waals surface area contributed by atoms with E-state index in [-0.39, 0.29) is 23.9 Å². The Labute approximate surface area is 181 Å². The van der Waals surface area contributed by atoms with E-state index < -0.39 is 22.4 Å². The van der Waals surface area contributed by atoms with Gasteiger partial charge in [-0.05, 0) is 37.3 Å². The Balaban J connectivity index is 1.62. The van der Waals surface area contributed by atoms with Crippen LogP contribution in [-0.4, -0.2) is 34.5 Å². The topological polar surface area (TPSA) is 135 Å². The van der Waals surface area contributed by atoms with E-state index in [4.69, 9.17) is 14.2 Å². The van der Waals surface area contributed by atoms with Gasteiger partial charge in [-0.3, -0.25) is 19.7 Å². The molecule has 0 radical (unpaired) electrons. The Morgan fingerprint density at radius 1 is 1.19 bits per heavy atom. The summed E-state index contributed by atoms with van der Waals surface area (Å²) in [6.07, 6.45) is 0. The van der Waals surface area contributed by atoms with E-state index in [1.165, 1.54) is 38.3 Å². The molecular weight excluding hydrogens is 420 g/mol. The van der Waals surface area contributed by atoms with E-state index in [1.54, 1.807) is 24.3 Å². The maximum absolute atomic E-state index is 12.8. The summed E-state index contributed by atoms with van der Waals surface area (Å²) in [5, 5.41) is 18.0. The summed E-state index contributed by atoms with van der Waals surface area (Å²) in [5.74, 6) is 0.818. The van der Waals surface area contributed by atoms with Gasteiger partial charge < -0.3 is 19.5 Å². The minimum absolute atomic E-state index is 0.110. The van der Waals surface area contributed by atoms with Crippen molar-refractivity contribution in [3.8, 4) is 28.5 Å². The second-order valence-electron chi connectivity index (χ2n) is 6.88. The number of carbonyl (C=O) groups is 1. The molecule has 0 spiro atoms. The highest BCUT2D eigenvalue weighted by Crippen LogP contribution is 2.35. The van der Waals surface area contributed by atoms with Gasteiger partial charge in [-0.25, -0.2) is 4.68 Å². The van der Waals surface area contributed by atoms with E-state index in [2.05, 4.69) is 10.4 Å². The predicted octanol–water partition coefficient (Wildman–Crippen LogP) is 2.76. The third-order valence-corrected chi connectivity index (χ3v) is 4.89. The fourth-order valence-electron chi connectivity index (χ4n) is 3.17. The molecule has 0 bridgehead atoms. The highest BCUT2D eigenvalue weighted by Gasteiger charge is 2.22. The van der Waals surface area contributed by atoms with Crippen LogP contribution < -0.4 is 25.1 Å². The number of benzene rings is 2. The summed E-state index contributed by atoms with van der Waals surface area (Å²) in [6, 6.07) is 10.9. The van der Waals surface area contributed by atoms with Crippen LogP contribution in [0.15, 0.2) is 53.3 Å². The third kappa shape index (κ3) is 3.95. The van der Waals surface area contributed by atoms with Crippen molar-refractivity contribution in [1.82, 2.24) is 9.78 Å². The molecule has 0 fully saturated rings. The number of methoxy groups -OCH3 is 1. The molecule has 1 aliphatic rings. The van der Waals surface area contributed by atoms with Gasteiger partial charge in [-0.1, -0.05) is 0 Å². The Bertz CT molecular complexity index is 1270. The molecule has 2 aromatic carbocycles. The van der Waals surface area contributed by atoms with Gasteiger partial charge in [0.1, 0.15) is 11.8 Å². The van der Waals surface area contributed by atoms with Gasteiger partial charge in [-0.15, -0.1) is 0 Å². The Morgan fingerprint density at radius 3 is 2.72 bits per heavy atom. The molecule has 2 heterocycles. The number of fused-ring (bicyclic) bond motifs is 1. The van der Waals surface area contributed by atoms with Crippen LogP contribution in [-0.2, 0) is 4.79 Å². The zero-order valence-corrected chi connectivity index (χ0v) is 17.1. The van der Waals surface area contributed by atoms with Crippen LogP contribution >= 0.6 is 0 Å². The molecule has 1 N–H and O–H groups in total. The highest BCUT2D eigenvalue weighted by atomic mass is 16.7. The molecule has 1 amide bonds. The average Bonchev–Trinajstić information content (AvgIpc) is 3.26. The van der Waals surface area contributed by atoms with Gasteiger partial charge in [0.25, 0.3) is 11.2 Å². The van der Waals surface area contributed by atoms with Crippen LogP contribution in [0.2, 0.25) is 0 Å². The Kier molecular flexibility index (Phi) is 5.46. The van der Waals surface area contributed by atoms with Gasteiger partial charge in [0.05, 0.1) is 23.4 Å². The smallest absolute Gasteiger partial charge is 0.271 e. The van der Waals surface area contributed by atoms with Crippen LogP contribution in [0.1, 0.15) is 13.0 Å². The lowest BCUT2D eigenvalue weighted by Crippen LogP contribution is -2.33. The van der Waals surface area contributed by atoms with E-state index in [0.717, 1.165) is 4.68 Å². The highest BCUT2D eigenvalue weighted by molar-refractivity contribution is 5.95. The van der Waals surface area contributed by atoms with Crippen molar-refractivity contribution < 1.29 is 23.9 Å². The second kappa shape index (κ2) is 8.38.